The van der Waals surface area contributed by atoms with E-state index in [0.717, 1.165) is 17.9 Å². The van der Waals surface area contributed by atoms with Crippen molar-refractivity contribution < 1.29 is 9.59 Å². The van der Waals surface area contributed by atoms with Gasteiger partial charge in [-0.1, -0.05) is 26.0 Å². The molecule has 0 aromatic heterocycles. The van der Waals surface area contributed by atoms with Gasteiger partial charge in [0.15, 0.2) is 5.96 Å². The SMILES string of the molecule is CN=C(NCc1ccc(C(=O)NCC(N)=O)cc1)NC(C)CCC(C)C. The molecule has 7 nitrogen and oxygen atoms in total. The van der Waals surface area contributed by atoms with Crippen molar-refractivity contribution in [1.82, 2.24) is 16.0 Å². The summed E-state index contributed by atoms with van der Waals surface area (Å²) in [4.78, 5) is 26.8. The average Bonchev–Trinajstić information content (AvgIpc) is 2.61. The highest BCUT2D eigenvalue weighted by Gasteiger charge is 2.08. The summed E-state index contributed by atoms with van der Waals surface area (Å²) in [6.07, 6.45) is 2.26. The Bertz CT molecular complexity index is 611. The Morgan fingerprint density at radius 1 is 1.08 bits per heavy atom. The van der Waals surface area contributed by atoms with E-state index in [0.29, 0.717) is 24.1 Å². The molecule has 7 heteroatoms. The number of nitrogens with one attached hydrogen (secondary N) is 3. The molecule has 1 aromatic rings. The van der Waals surface area contributed by atoms with Crippen LogP contribution in [0.4, 0.5) is 0 Å². The number of benzene rings is 1. The molecular formula is C19H31N5O2. The fraction of sp³-hybridized carbons (Fsp3) is 0.526. The van der Waals surface area contributed by atoms with E-state index in [1.807, 2.05) is 12.1 Å². The van der Waals surface area contributed by atoms with Crippen LogP contribution < -0.4 is 21.7 Å². The fourth-order valence-corrected chi connectivity index (χ4v) is 2.31. The zero-order valence-corrected chi connectivity index (χ0v) is 16.1. The van der Waals surface area contributed by atoms with Crippen molar-refractivity contribution in [3.05, 3.63) is 35.4 Å². The average molecular weight is 361 g/mol. The van der Waals surface area contributed by atoms with Crippen LogP contribution in [0.2, 0.25) is 0 Å². The zero-order chi connectivity index (χ0) is 19.5. The number of guanidine groups is 1. The molecule has 0 heterocycles. The van der Waals surface area contributed by atoms with Crippen LogP contribution in [0.3, 0.4) is 0 Å². The molecule has 0 saturated carbocycles. The van der Waals surface area contributed by atoms with E-state index in [1.165, 1.54) is 6.42 Å². The summed E-state index contributed by atoms with van der Waals surface area (Å²) in [6.45, 7) is 7.02. The first-order valence-electron chi connectivity index (χ1n) is 8.94. The number of primary amides is 1. The lowest BCUT2D eigenvalue weighted by atomic mass is 10.0. The second-order valence-electron chi connectivity index (χ2n) is 6.79. The zero-order valence-electron chi connectivity index (χ0n) is 16.1. The normalized spacial score (nSPS) is 12.6. The molecule has 0 fully saturated rings. The third-order valence-corrected chi connectivity index (χ3v) is 3.88. The number of rotatable bonds is 9. The van der Waals surface area contributed by atoms with E-state index in [-0.39, 0.29) is 12.5 Å². The first-order valence-corrected chi connectivity index (χ1v) is 8.94. The molecule has 1 unspecified atom stereocenters. The minimum Gasteiger partial charge on any atom is -0.368 e. The highest BCUT2D eigenvalue weighted by Crippen LogP contribution is 2.07. The van der Waals surface area contributed by atoms with Crippen LogP contribution >= 0.6 is 0 Å². The summed E-state index contributed by atoms with van der Waals surface area (Å²) in [7, 11) is 1.75. The maximum atomic E-state index is 11.8. The summed E-state index contributed by atoms with van der Waals surface area (Å²) in [5.41, 5.74) is 6.52. The maximum Gasteiger partial charge on any atom is 0.251 e. The summed E-state index contributed by atoms with van der Waals surface area (Å²) < 4.78 is 0. The van der Waals surface area contributed by atoms with E-state index in [4.69, 9.17) is 5.73 Å². The Balaban J connectivity index is 2.48. The van der Waals surface area contributed by atoms with Gasteiger partial charge in [-0.2, -0.15) is 0 Å². The van der Waals surface area contributed by atoms with Gasteiger partial charge >= 0.3 is 0 Å². The molecule has 0 bridgehead atoms. The van der Waals surface area contributed by atoms with Crippen molar-refractivity contribution in [3.63, 3.8) is 0 Å². The van der Waals surface area contributed by atoms with Crippen LogP contribution in [0.1, 0.15) is 49.5 Å². The molecule has 1 aromatic carbocycles. The molecule has 0 aliphatic rings. The van der Waals surface area contributed by atoms with Gasteiger partial charge in [-0.05, 0) is 43.4 Å². The lowest BCUT2D eigenvalue weighted by Gasteiger charge is -2.18. The highest BCUT2D eigenvalue weighted by atomic mass is 16.2. The van der Waals surface area contributed by atoms with Crippen molar-refractivity contribution >= 4 is 17.8 Å². The molecule has 2 amide bonds. The van der Waals surface area contributed by atoms with Crippen LogP contribution in [0, 0.1) is 5.92 Å². The molecule has 26 heavy (non-hydrogen) atoms. The van der Waals surface area contributed by atoms with E-state index in [2.05, 4.69) is 41.7 Å². The standard InChI is InChI=1S/C19H31N5O2/c1-13(2)5-6-14(3)24-19(21-4)23-11-15-7-9-16(10-8-15)18(26)22-12-17(20)25/h7-10,13-14H,5-6,11-12H2,1-4H3,(H2,20,25)(H,22,26)(H2,21,23,24). The van der Waals surface area contributed by atoms with Gasteiger partial charge < -0.3 is 21.7 Å². The maximum absolute atomic E-state index is 11.8. The predicted octanol–water partition coefficient (Wildman–Crippen LogP) is 1.39. The van der Waals surface area contributed by atoms with Crippen LogP contribution in [0.15, 0.2) is 29.3 Å². The summed E-state index contributed by atoms with van der Waals surface area (Å²) in [5, 5.41) is 9.11. The number of hydrogen-bond donors (Lipinski definition) is 4. The Kier molecular flexibility index (Phi) is 9.19. The molecule has 0 radical (unpaired) electrons. The molecule has 0 aliphatic heterocycles. The largest absolute Gasteiger partial charge is 0.368 e. The lowest BCUT2D eigenvalue weighted by molar-refractivity contribution is -0.117. The number of nitrogens with two attached hydrogens (primary N) is 1. The van der Waals surface area contributed by atoms with E-state index < -0.39 is 5.91 Å². The molecule has 0 aliphatic carbocycles. The van der Waals surface area contributed by atoms with Crippen molar-refractivity contribution in [3.8, 4) is 0 Å². The molecular weight excluding hydrogens is 330 g/mol. The van der Waals surface area contributed by atoms with Gasteiger partial charge in [-0.25, -0.2) is 0 Å². The van der Waals surface area contributed by atoms with Crippen molar-refractivity contribution in [2.45, 2.75) is 46.2 Å². The van der Waals surface area contributed by atoms with Gasteiger partial charge in [-0.15, -0.1) is 0 Å². The number of hydrogen-bond acceptors (Lipinski definition) is 3. The third-order valence-electron chi connectivity index (χ3n) is 3.88. The smallest absolute Gasteiger partial charge is 0.251 e. The first-order chi connectivity index (χ1) is 12.3. The quantitative estimate of drug-likeness (QED) is 0.394. The van der Waals surface area contributed by atoms with Crippen molar-refractivity contribution in [2.24, 2.45) is 16.6 Å². The van der Waals surface area contributed by atoms with Crippen LogP contribution in [0.5, 0.6) is 0 Å². The molecule has 0 spiro atoms. The van der Waals surface area contributed by atoms with E-state index in [9.17, 15) is 9.59 Å². The molecule has 1 rings (SSSR count). The Labute approximate surface area is 155 Å². The number of aliphatic imine (C=N–C) groups is 1. The minimum atomic E-state index is -0.569. The van der Waals surface area contributed by atoms with Gasteiger partial charge in [0.05, 0.1) is 6.54 Å². The number of carbonyl (C=O) groups excluding carboxylic acids is 2. The Morgan fingerprint density at radius 2 is 1.73 bits per heavy atom. The second kappa shape index (κ2) is 11.1. The monoisotopic (exact) mass is 361 g/mol. The number of nitrogens with zero attached hydrogens (tertiary/aromatic N) is 1. The van der Waals surface area contributed by atoms with Crippen LogP contribution in [-0.4, -0.2) is 37.4 Å². The number of carbonyl (C=O) groups is 2. The Hall–Kier alpha value is -2.57. The predicted molar refractivity (Wildman–Crippen MR) is 105 cm³/mol. The second-order valence-corrected chi connectivity index (χ2v) is 6.79. The van der Waals surface area contributed by atoms with Gasteiger partial charge in [-0.3, -0.25) is 14.6 Å². The molecule has 0 saturated heterocycles. The Morgan fingerprint density at radius 3 is 2.27 bits per heavy atom. The van der Waals surface area contributed by atoms with Crippen LogP contribution in [0.25, 0.3) is 0 Å². The van der Waals surface area contributed by atoms with E-state index >= 15 is 0 Å². The van der Waals surface area contributed by atoms with Gasteiger partial charge in [0.2, 0.25) is 5.91 Å². The topological polar surface area (TPSA) is 109 Å². The minimum absolute atomic E-state index is 0.168. The molecule has 1 atom stereocenters. The number of amides is 2. The highest BCUT2D eigenvalue weighted by molar-refractivity contribution is 5.96. The van der Waals surface area contributed by atoms with Gasteiger partial charge in [0, 0.05) is 25.2 Å². The van der Waals surface area contributed by atoms with Gasteiger partial charge in [0.25, 0.3) is 5.91 Å². The molecule has 5 N–H and O–H groups in total. The fourth-order valence-electron chi connectivity index (χ4n) is 2.31. The van der Waals surface area contributed by atoms with Crippen molar-refractivity contribution in [1.29, 1.82) is 0 Å². The molecule has 144 valence electrons. The lowest BCUT2D eigenvalue weighted by Crippen LogP contribution is -2.41. The van der Waals surface area contributed by atoms with E-state index in [1.54, 1.807) is 19.2 Å². The van der Waals surface area contributed by atoms with Gasteiger partial charge in [0.1, 0.15) is 0 Å². The van der Waals surface area contributed by atoms with Crippen molar-refractivity contribution in [2.75, 3.05) is 13.6 Å². The summed E-state index contributed by atoms with van der Waals surface area (Å²) >= 11 is 0. The summed E-state index contributed by atoms with van der Waals surface area (Å²) in [6, 6.07) is 7.51. The first kappa shape index (κ1) is 21.5. The third kappa shape index (κ3) is 8.50. The summed E-state index contributed by atoms with van der Waals surface area (Å²) in [5.74, 6) is 0.554. The van der Waals surface area contributed by atoms with Crippen LogP contribution in [-0.2, 0) is 11.3 Å².